The van der Waals surface area contributed by atoms with Crippen LogP contribution in [0.2, 0.25) is 0 Å². The molecule has 1 aromatic heterocycles. The lowest BCUT2D eigenvalue weighted by Gasteiger charge is -1.92. The fraction of sp³-hybridized carbons (Fsp3) is 0.0625. The maximum Gasteiger partial charge on any atom is 0.0267 e. The van der Waals surface area contributed by atoms with Crippen molar-refractivity contribution in [2.24, 2.45) is 0 Å². The lowest BCUT2D eigenvalue weighted by Crippen LogP contribution is -1.67. The summed E-state index contributed by atoms with van der Waals surface area (Å²) in [5.41, 5.74) is 0. The number of benzene rings is 2. The third-order valence-corrected chi connectivity index (χ3v) is 2.23. The van der Waals surface area contributed by atoms with Gasteiger partial charge in [0.25, 0.3) is 0 Å². The van der Waals surface area contributed by atoms with Crippen molar-refractivity contribution in [1.82, 2.24) is 4.98 Å². The zero-order valence-corrected chi connectivity index (χ0v) is 8.95. The van der Waals surface area contributed by atoms with Gasteiger partial charge < -0.3 is 0 Å². The van der Waals surface area contributed by atoms with Gasteiger partial charge in [0.1, 0.15) is 0 Å². The van der Waals surface area contributed by atoms with Crippen LogP contribution in [0.3, 0.4) is 0 Å². The van der Waals surface area contributed by atoms with Crippen molar-refractivity contribution in [2.75, 3.05) is 0 Å². The minimum atomic E-state index is 0. The largest absolute Gasteiger partial charge is 0.265 e. The quantitative estimate of drug-likeness (QED) is 0.544. The highest BCUT2D eigenvalue weighted by Crippen LogP contribution is 2.11. The van der Waals surface area contributed by atoms with E-state index in [-0.39, 0.29) is 7.43 Å². The first-order chi connectivity index (χ1) is 7.97. The topological polar surface area (TPSA) is 12.9 Å². The van der Waals surface area contributed by atoms with E-state index in [9.17, 15) is 0 Å². The van der Waals surface area contributed by atoms with Crippen molar-refractivity contribution in [3.8, 4) is 0 Å². The molecule has 1 nitrogen and oxygen atoms in total. The van der Waals surface area contributed by atoms with E-state index >= 15 is 0 Å². The Morgan fingerprint density at radius 1 is 0.529 bits per heavy atom. The average molecular weight is 223 g/mol. The Labute approximate surface area is 103 Å². The van der Waals surface area contributed by atoms with Crippen molar-refractivity contribution >= 4 is 10.8 Å². The van der Waals surface area contributed by atoms with Crippen LogP contribution in [-0.4, -0.2) is 4.98 Å². The highest BCUT2D eigenvalue weighted by atomic mass is 14.6. The molecule has 2 aromatic carbocycles. The lowest BCUT2D eigenvalue weighted by molar-refractivity contribution is 1.33. The third kappa shape index (κ3) is 4.07. The minimum Gasteiger partial charge on any atom is -0.265 e. The molecule has 0 unspecified atom stereocenters. The van der Waals surface area contributed by atoms with E-state index in [0.29, 0.717) is 0 Å². The van der Waals surface area contributed by atoms with Gasteiger partial charge in [-0.3, -0.25) is 4.98 Å². The van der Waals surface area contributed by atoms with Gasteiger partial charge >= 0.3 is 0 Å². The summed E-state index contributed by atoms with van der Waals surface area (Å²) in [5.74, 6) is 0. The number of hydrogen-bond acceptors (Lipinski definition) is 1. The molecule has 3 rings (SSSR count). The van der Waals surface area contributed by atoms with Crippen molar-refractivity contribution < 1.29 is 0 Å². The van der Waals surface area contributed by atoms with Gasteiger partial charge in [-0.25, -0.2) is 0 Å². The molecule has 0 fully saturated rings. The van der Waals surface area contributed by atoms with Crippen LogP contribution < -0.4 is 0 Å². The molecule has 0 N–H and O–H groups in total. The molecule has 3 aromatic rings. The van der Waals surface area contributed by atoms with Crippen LogP contribution in [0, 0.1) is 0 Å². The predicted octanol–water partition coefficient (Wildman–Crippen LogP) is 4.56. The summed E-state index contributed by atoms with van der Waals surface area (Å²) < 4.78 is 0. The molecule has 0 aliphatic carbocycles. The van der Waals surface area contributed by atoms with Crippen molar-refractivity contribution in [2.45, 2.75) is 7.43 Å². The Morgan fingerprint density at radius 3 is 1.18 bits per heavy atom. The zero-order chi connectivity index (χ0) is 11.1. The number of nitrogens with zero attached hydrogens (tertiary/aromatic N) is 1. The first-order valence-corrected chi connectivity index (χ1v) is 5.25. The fourth-order valence-corrected chi connectivity index (χ4v) is 1.45. The van der Waals surface area contributed by atoms with E-state index in [1.807, 2.05) is 18.2 Å². The predicted molar refractivity (Wildman–Crippen MR) is 74.9 cm³/mol. The standard InChI is InChI=1S/C10H8.C5H5N.CH4/c1-2-6-10-8-4-3-7-9(10)5-1;1-2-4-6-5-3-1;/h1-8H;1-5H;1H4. The van der Waals surface area contributed by atoms with Crippen LogP contribution in [0.5, 0.6) is 0 Å². The van der Waals surface area contributed by atoms with Gasteiger partial charge in [-0.1, -0.05) is 62.0 Å². The second kappa shape index (κ2) is 7.18. The molecule has 0 bridgehead atoms. The summed E-state index contributed by atoms with van der Waals surface area (Å²) in [6.45, 7) is 0. The molecule has 86 valence electrons. The van der Waals surface area contributed by atoms with Gasteiger partial charge in [0.2, 0.25) is 0 Å². The normalized spacial score (nSPS) is 8.71. The van der Waals surface area contributed by atoms with Crippen LogP contribution in [-0.2, 0) is 0 Å². The molecule has 0 radical (unpaired) electrons. The Bertz CT molecular complexity index is 440. The Morgan fingerprint density at radius 2 is 0.941 bits per heavy atom. The molecular weight excluding hydrogens is 206 g/mol. The summed E-state index contributed by atoms with van der Waals surface area (Å²) in [5, 5.41) is 2.62. The summed E-state index contributed by atoms with van der Waals surface area (Å²) in [4.78, 5) is 3.78. The monoisotopic (exact) mass is 223 g/mol. The zero-order valence-electron chi connectivity index (χ0n) is 8.95. The molecule has 0 saturated carbocycles. The molecule has 0 saturated heterocycles. The Kier molecular flexibility index (Phi) is 5.45. The van der Waals surface area contributed by atoms with Crippen LogP contribution in [0.4, 0.5) is 0 Å². The highest BCUT2D eigenvalue weighted by molar-refractivity contribution is 5.81. The SMILES string of the molecule is C.c1ccc2ccccc2c1.c1ccncc1. The van der Waals surface area contributed by atoms with Crippen LogP contribution in [0.25, 0.3) is 10.8 Å². The maximum absolute atomic E-state index is 3.78. The molecule has 0 aliphatic heterocycles. The third-order valence-electron chi connectivity index (χ3n) is 2.23. The number of pyridine rings is 1. The van der Waals surface area contributed by atoms with Crippen molar-refractivity contribution in [1.29, 1.82) is 0 Å². The number of hydrogen-bond donors (Lipinski definition) is 0. The second-order valence-electron chi connectivity index (χ2n) is 3.37. The van der Waals surface area contributed by atoms with Gasteiger partial charge in [-0.15, -0.1) is 0 Å². The molecule has 0 amide bonds. The summed E-state index contributed by atoms with van der Waals surface area (Å²) in [6.07, 6.45) is 3.50. The molecular formula is C16H17N. The smallest absolute Gasteiger partial charge is 0.0267 e. The summed E-state index contributed by atoms with van der Waals surface area (Å²) in [7, 11) is 0. The second-order valence-corrected chi connectivity index (χ2v) is 3.37. The van der Waals surface area contributed by atoms with Crippen LogP contribution in [0.1, 0.15) is 7.43 Å². The van der Waals surface area contributed by atoms with Crippen molar-refractivity contribution in [3.05, 3.63) is 79.1 Å². The molecule has 0 atom stereocenters. The van der Waals surface area contributed by atoms with Crippen molar-refractivity contribution in [3.63, 3.8) is 0 Å². The van der Waals surface area contributed by atoms with Gasteiger partial charge in [-0.2, -0.15) is 0 Å². The first kappa shape index (κ1) is 12.9. The highest BCUT2D eigenvalue weighted by Gasteiger charge is 1.85. The molecule has 0 aliphatic rings. The molecule has 0 spiro atoms. The number of fused-ring (bicyclic) bond motifs is 1. The molecule has 17 heavy (non-hydrogen) atoms. The van der Waals surface area contributed by atoms with E-state index in [1.165, 1.54) is 10.8 Å². The summed E-state index contributed by atoms with van der Waals surface area (Å²) in [6, 6.07) is 22.4. The average Bonchev–Trinajstić information content (AvgIpc) is 2.42. The minimum absolute atomic E-state index is 0. The lowest BCUT2D eigenvalue weighted by atomic mass is 10.1. The van der Waals surface area contributed by atoms with E-state index < -0.39 is 0 Å². The molecule has 1 heteroatoms. The van der Waals surface area contributed by atoms with Gasteiger partial charge in [0.05, 0.1) is 0 Å². The van der Waals surface area contributed by atoms with E-state index in [1.54, 1.807) is 12.4 Å². The molecule has 1 heterocycles. The van der Waals surface area contributed by atoms with Crippen LogP contribution in [0.15, 0.2) is 79.1 Å². The van der Waals surface area contributed by atoms with E-state index in [2.05, 4.69) is 53.5 Å². The Hall–Kier alpha value is -2.15. The number of aromatic nitrogens is 1. The van der Waals surface area contributed by atoms with Gasteiger partial charge in [0.15, 0.2) is 0 Å². The maximum atomic E-state index is 3.78. The first-order valence-electron chi connectivity index (χ1n) is 5.25. The fourth-order valence-electron chi connectivity index (χ4n) is 1.45. The Balaban J connectivity index is 0.000000180. The van der Waals surface area contributed by atoms with Crippen LogP contribution >= 0.6 is 0 Å². The number of rotatable bonds is 0. The van der Waals surface area contributed by atoms with E-state index in [0.717, 1.165) is 0 Å². The van der Waals surface area contributed by atoms with E-state index in [4.69, 9.17) is 0 Å². The summed E-state index contributed by atoms with van der Waals surface area (Å²) >= 11 is 0. The van der Waals surface area contributed by atoms with Gasteiger partial charge in [-0.05, 0) is 22.9 Å². The van der Waals surface area contributed by atoms with Gasteiger partial charge in [0, 0.05) is 12.4 Å².